The Kier molecular flexibility index (Phi) is 5.25. The number of furan rings is 1. The highest BCUT2D eigenvalue weighted by atomic mass is 16.3. The number of likely N-dealkylation sites (N-methyl/N-ethyl adjacent to an activating group) is 1. The van der Waals surface area contributed by atoms with Gasteiger partial charge in [0.2, 0.25) is 5.91 Å². The second-order valence-electron chi connectivity index (χ2n) is 2.99. The van der Waals surface area contributed by atoms with Crippen LogP contribution in [0, 0.1) is 0 Å². The molecule has 1 aromatic rings. The van der Waals surface area contributed by atoms with Crippen molar-refractivity contribution in [2.24, 2.45) is 0 Å². The normalized spacial score (nSPS) is 10.7. The van der Waals surface area contributed by atoms with Gasteiger partial charge < -0.3 is 15.1 Å². The molecule has 0 aliphatic rings. The van der Waals surface area contributed by atoms with Gasteiger partial charge in [0.1, 0.15) is 5.76 Å². The Morgan fingerprint density at radius 1 is 1.53 bits per heavy atom. The minimum atomic E-state index is -0.107. The van der Waals surface area contributed by atoms with E-state index in [1.54, 1.807) is 24.5 Å². The fraction of sp³-hybridized carbons (Fsp3) is 0.364. The Balaban J connectivity index is 2.18. The third-order valence-corrected chi connectivity index (χ3v) is 1.79. The van der Waals surface area contributed by atoms with Crippen molar-refractivity contribution in [3.05, 3.63) is 30.2 Å². The van der Waals surface area contributed by atoms with Crippen LogP contribution in [-0.2, 0) is 4.79 Å². The van der Waals surface area contributed by atoms with Crippen molar-refractivity contribution >= 4 is 12.0 Å². The molecule has 0 aliphatic heterocycles. The third-order valence-electron chi connectivity index (χ3n) is 1.79. The van der Waals surface area contributed by atoms with Gasteiger partial charge in [0.05, 0.1) is 6.26 Å². The van der Waals surface area contributed by atoms with Crippen molar-refractivity contribution in [1.82, 2.24) is 10.6 Å². The maximum atomic E-state index is 11.2. The molecule has 1 aromatic heterocycles. The standard InChI is InChI=1S/C11H16N2O2/c1-2-12-7-8-13-11(14)6-5-10-4-3-9-15-10/h3-6,9,12H,2,7-8H2,1H3,(H,13,14). The zero-order valence-electron chi connectivity index (χ0n) is 8.82. The summed E-state index contributed by atoms with van der Waals surface area (Å²) in [5.41, 5.74) is 0. The lowest BCUT2D eigenvalue weighted by Crippen LogP contribution is -2.30. The lowest BCUT2D eigenvalue weighted by molar-refractivity contribution is -0.116. The number of hydrogen-bond donors (Lipinski definition) is 2. The number of rotatable bonds is 6. The van der Waals surface area contributed by atoms with E-state index in [9.17, 15) is 4.79 Å². The molecule has 1 amide bonds. The first-order valence-corrected chi connectivity index (χ1v) is 5.03. The Morgan fingerprint density at radius 3 is 3.07 bits per heavy atom. The molecule has 0 aromatic carbocycles. The molecule has 1 rings (SSSR count). The van der Waals surface area contributed by atoms with Crippen molar-refractivity contribution < 1.29 is 9.21 Å². The van der Waals surface area contributed by atoms with E-state index in [4.69, 9.17) is 4.42 Å². The van der Waals surface area contributed by atoms with Crippen molar-refractivity contribution in [1.29, 1.82) is 0 Å². The fourth-order valence-corrected chi connectivity index (χ4v) is 1.05. The van der Waals surface area contributed by atoms with Gasteiger partial charge in [-0.25, -0.2) is 0 Å². The highest BCUT2D eigenvalue weighted by Gasteiger charge is 1.94. The van der Waals surface area contributed by atoms with Crippen molar-refractivity contribution in [3.63, 3.8) is 0 Å². The summed E-state index contributed by atoms with van der Waals surface area (Å²) in [5.74, 6) is 0.570. The smallest absolute Gasteiger partial charge is 0.244 e. The van der Waals surface area contributed by atoms with Crippen LogP contribution in [0.4, 0.5) is 0 Å². The molecule has 82 valence electrons. The Morgan fingerprint density at radius 2 is 2.40 bits per heavy atom. The van der Waals surface area contributed by atoms with E-state index >= 15 is 0 Å². The lowest BCUT2D eigenvalue weighted by Gasteiger charge is -2.01. The summed E-state index contributed by atoms with van der Waals surface area (Å²) in [7, 11) is 0. The number of hydrogen-bond acceptors (Lipinski definition) is 3. The maximum absolute atomic E-state index is 11.2. The fourth-order valence-electron chi connectivity index (χ4n) is 1.05. The van der Waals surface area contributed by atoms with E-state index < -0.39 is 0 Å². The molecule has 0 spiro atoms. The molecule has 0 saturated heterocycles. The molecule has 0 radical (unpaired) electrons. The molecule has 1 heterocycles. The molecule has 4 heteroatoms. The summed E-state index contributed by atoms with van der Waals surface area (Å²) in [5, 5.41) is 5.87. The maximum Gasteiger partial charge on any atom is 0.244 e. The largest absolute Gasteiger partial charge is 0.465 e. The van der Waals surface area contributed by atoms with Crippen LogP contribution >= 0.6 is 0 Å². The van der Waals surface area contributed by atoms with Crippen LogP contribution in [0.3, 0.4) is 0 Å². The van der Waals surface area contributed by atoms with Crippen LogP contribution < -0.4 is 10.6 Å². The van der Waals surface area contributed by atoms with Gasteiger partial charge in [-0.05, 0) is 24.8 Å². The number of amides is 1. The minimum absolute atomic E-state index is 0.107. The van der Waals surface area contributed by atoms with Gasteiger partial charge in [-0.3, -0.25) is 4.79 Å². The molecule has 0 aliphatic carbocycles. The zero-order chi connectivity index (χ0) is 10.9. The van der Waals surface area contributed by atoms with Gasteiger partial charge in [0.25, 0.3) is 0 Å². The van der Waals surface area contributed by atoms with Crippen LogP contribution in [0.5, 0.6) is 0 Å². The molecular formula is C11H16N2O2. The summed E-state index contributed by atoms with van der Waals surface area (Å²) >= 11 is 0. The Bertz CT molecular complexity index is 304. The van der Waals surface area contributed by atoms with Crippen LogP contribution in [0.15, 0.2) is 28.9 Å². The summed E-state index contributed by atoms with van der Waals surface area (Å²) in [6.07, 6.45) is 4.68. The van der Waals surface area contributed by atoms with Crippen molar-refractivity contribution in [2.75, 3.05) is 19.6 Å². The van der Waals surface area contributed by atoms with Crippen LogP contribution in [0.1, 0.15) is 12.7 Å². The second-order valence-corrected chi connectivity index (χ2v) is 2.99. The molecule has 0 fully saturated rings. The first-order chi connectivity index (χ1) is 7.33. The minimum Gasteiger partial charge on any atom is -0.465 e. The molecule has 4 nitrogen and oxygen atoms in total. The van der Waals surface area contributed by atoms with Crippen LogP contribution in [-0.4, -0.2) is 25.5 Å². The van der Waals surface area contributed by atoms with E-state index in [-0.39, 0.29) is 5.91 Å². The quantitative estimate of drug-likeness (QED) is 0.542. The summed E-state index contributed by atoms with van der Waals surface area (Å²) < 4.78 is 5.05. The average Bonchev–Trinajstić information content (AvgIpc) is 2.74. The third kappa shape index (κ3) is 5.02. The lowest BCUT2D eigenvalue weighted by atomic mass is 10.4. The van der Waals surface area contributed by atoms with E-state index in [1.807, 2.05) is 6.92 Å². The SMILES string of the molecule is CCNCCNC(=O)C=Cc1ccco1. The molecule has 0 unspecified atom stereocenters. The van der Waals surface area contributed by atoms with Crippen LogP contribution in [0.25, 0.3) is 6.08 Å². The highest BCUT2D eigenvalue weighted by molar-refractivity contribution is 5.91. The van der Waals surface area contributed by atoms with E-state index in [0.717, 1.165) is 13.1 Å². The average molecular weight is 208 g/mol. The molecule has 0 bridgehead atoms. The number of carbonyl (C=O) groups excluding carboxylic acids is 1. The Labute approximate surface area is 89.4 Å². The van der Waals surface area contributed by atoms with E-state index in [1.165, 1.54) is 6.08 Å². The summed E-state index contributed by atoms with van der Waals surface area (Å²) in [6.45, 7) is 4.36. The highest BCUT2D eigenvalue weighted by Crippen LogP contribution is 2.01. The first kappa shape index (κ1) is 11.5. The van der Waals surface area contributed by atoms with Crippen molar-refractivity contribution in [2.45, 2.75) is 6.92 Å². The van der Waals surface area contributed by atoms with Crippen LogP contribution in [0.2, 0.25) is 0 Å². The summed E-state index contributed by atoms with van der Waals surface area (Å²) in [6, 6.07) is 3.57. The molecular weight excluding hydrogens is 192 g/mol. The van der Waals surface area contributed by atoms with Gasteiger partial charge in [0.15, 0.2) is 0 Å². The van der Waals surface area contributed by atoms with Gasteiger partial charge >= 0.3 is 0 Å². The van der Waals surface area contributed by atoms with Gasteiger partial charge in [-0.1, -0.05) is 6.92 Å². The van der Waals surface area contributed by atoms with E-state index in [0.29, 0.717) is 12.3 Å². The monoisotopic (exact) mass is 208 g/mol. The predicted octanol–water partition coefficient (Wildman–Crippen LogP) is 1.02. The zero-order valence-corrected chi connectivity index (χ0v) is 8.82. The topological polar surface area (TPSA) is 54.3 Å². The Hall–Kier alpha value is -1.55. The first-order valence-electron chi connectivity index (χ1n) is 5.03. The predicted molar refractivity (Wildman–Crippen MR) is 59.3 cm³/mol. The molecule has 15 heavy (non-hydrogen) atoms. The summed E-state index contributed by atoms with van der Waals surface area (Å²) in [4.78, 5) is 11.2. The molecule has 0 saturated carbocycles. The van der Waals surface area contributed by atoms with Crippen molar-refractivity contribution in [3.8, 4) is 0 Å². The molecule has 0 atom stereocenters. The number of nitrogens with one attached hydrogen (secondary N) is 2. The van der Waals surface area contributed by atoms with Gasteiger partial charge in [-0.2, -0.15) is 0 Å². The number of carbonyl (C=O) groups is 1. The second kappa shape index (κ2) is 6.84. The van der Waals surface area contributed by atoms with E-state index in [2.05, 4.69) is 10.6 Å². The molecule has 2 N–H and O–H groups in total. The van der Waals surface area contributed by atoms with Gasteiger partial charge in [-0.15, -0.1) is 0 Å². The van der Waals surface area contributed by atoms with Gasteiger partial charge in [0, 0.05) is 19.2 Å².